The van der Waals surface area contributed by atoms with Gasteiger partial charge in [-0.1, -0.05) is 66.7 Å². The SMILES string of the molecule is CC(=O)N/C(=C\c1ccccc1)C(=O)OC/C=C\c1ccccc1. The first-order valence-electron chi connectivity index (χ1n) is 7.58. The second kappa shape index (κ2) is 9.10. The lowest BCUT2D eigenvalue weighted by Gasteiger charge is -2.07. The number of carbonyl (C=O) groups excluding carboxylic acids is 2. The van der Waals surface area contributed by atoms with Gasteiger partial charge in [0.25, 0.3) is 0 Å². The number of rotatable bonds is 6. The van der Waals surface area contributed by atoms with Crippen LogP contribution in [0.1, 0.15) is 18.1 Å². The first kappa shape index (κ1) is 17.2. The fourth-order valence-electron chi connectivity index (χ4n) is 2.00. The third-order valence-electron chi connectivity index (χ3n) is 3.06. The van der Waals surface area contributed by atoms with Gasteiger partial charge in [-0.2, -0.15) is 0 Å². The number of amides is 1. The molecule has 4 heteroatoms. The lowest BCUT2D eigenvalue weighted by molar-refractivity contribution is -0.139. The van der Waals surface area contributed by atoms with Gasteiger partial charge in [-0.25, -0.2) is 4.79 Å². The number of nitrogens with one attached hydrogen (secondary N) is 1. The minimum absolute atomic E-state index is 0.113. The fraction of sp³-hybridized carbons (Fsp3) is 0.100. The highest BCUT2D eigenvalue weighted by atomic mass is 16.5. The van der Waals surface area contributed by atoms with E-state index in [1.807, 2.05) is 66.7 Å². The van der Waals surface area contributed by atoms with Crippen molar-refractivity contribution in [1.29, 1.82) is 0 Å². The van der Waals surface area contributed by atoms with Crippen molar-refractivity contribution in [3.05, 3.63) is 83.6 Å². The minimum atomic E-state index is -0.577. The summed E-state index contributed by atoms with van der Waals surface area (Å²) in [4.78, 5) is 23.4. The van der Waals surface area contributed by atoms with Crippen molar-refractivity contribution in [2.75, 3.05) is 6.61 Å². The Kier molecular flexibility index (Phi) is 6.53. The summed E-state index contributed by atoms with van der Waals surface area (Å²) in [6.07, 6.45) is 5.21. The summed E-state index contributed by atoms with van der Waals surface area (Å²) >= 11 is 0. The highest BCUT2D eigenvalue weighted by molar-refractivity contribution is 5.97. The van der Waals surface area contributed by atoms with Crippen molar-refractivity contribution in [3.8, 4) is 0 Å². The number of esters is 1. The molecule has 1 N–H and O–H groups in total. The zero-order valence-corrected chi connectivity index (χ0v) is 13.4. The predicted molar refractivity (Wildman–Crippen MR) is 94.7 cm³/mol. The van der Waals surface area contributed by atoms with E-state index in [-0.39, 0.29) is 18.2 Å². The average molecular weight is 321 g/mol. The van der Waals surface area contributed by atoms with E-state index in [1.165, 1.54) is 6.92 Å². The lowest BCUT2D eigenvalue weighted by Crippen LogP contribution is -2.26. The molecule has 0 aliphatic heterocycles. The summed E-state index contributed by atoms with van der Waals surface area (Å²) < 4.78 is 5.19. The van der Waals surface area contributed by atoms with E-state index >= 15 is 0 Å². The maximum absolute atomic E-state index is 12.2. The minimum Gasteiger partial charge on any atom is -0.457 e. The van der Waals surface area contributed by atoms with Gasteiger partial charge in [0.1, 0.15) is 12.3 Å². The summed E-state index contributed by atoms with van der Waals surface area (Å²) in [7, 11) is 0. The number of ether oxygens (including phenoxy) is 1. The molecule has 2 aromatic rings. The molecule has 0 saturated heterocycles. The first-order valence-corrected chi connectivity index (χ1v) is 7.58. The van der Waals surface area contributed by atoms with E-state index in [1.54, 1.807) is 12.2 Å². The topological polar surface area (TPSA) is 55.4 Å². The van der Waals surface area contributed by atoms with Crippen LogP contribution in [-0.4, -0.2) is 18.5 Å². The third-order valence-corrected chi connectivity index (χ3v) is 3.06. The molecule has 0 spiro atoms. The molecule has 0 radical (unpaired) electrons. The van der Waals surface area contributed by atoms with Crippen LogP contribution < -0.4 is 5.32 Å². The van der Waals surface area contributed by atoms with Crippen molar-refractivity contribution in [2.24, 2.45) is 0 Å². The maximum atomic E-state index is 12.2. The van der Waals surface area contributed by atoms with Crippen molar-refractivity contribution < 1.29 is 14.3 Å². The summed E-state index contributed by atoms with van der Waals surface area (Å²) in [5.74, 6) is -0.902. The Labute approximate surface area is 141 Å². The Bertz CT molecular complexity index is 734. The monoisotopic (exact) mass is 321 g/mol. The molecule has 0 atom stereocenters. The zero-order valence-electron chi connectivity index (χ0n) is 13.4. The van der Waals surface area contributed by atoms with Crippen molar-refractivity contribution in [3.63, 3.8) is 0 Å². The van der Waals surface area contributed by atoms with Crippen LogP contribution in [0.2, 0.25) is 0 Å². The van der Waals surface area contributed by atoms with Crippen LogP contribution in [0.15, 0.2) is 72.4 Å². The first-order chi connectivity index (χ1) is 11.6. The molecular weight excluding hydrogens is 302 g/mol. The summed E-state index contributed by atoms with van der Waals surface area (Å²) in [6.45, 7) is 1.47. The zero-order chi connectivity index (χ0) is 17.2. The second-order valence-corrected chi connectivity index (χ2v) is 5.06. The molecule has 2 rings (SSSR count). The standard InChI is InChI=1S/C20H19NO3/c1-16(22)21-19(15-18-11-6-3-7-12-18)20(23)24-14-8-13-17-9-4-2-5-10-17/h2-13,15H,14H2,1H3,(H,21,22)/b13-8-,19-15-. The van der Waals surface area contributed by atoms with Gasteiger partial charge in [0, 0.05) is 6.92 Å². The quantitative estimate of drug-likeness (QED) is 0.655. The Morgan fingerprint density at radius 1 is 0.958 bits per heavy atom. The molecule has 0 aromatic heterocycles. The van der Waals surface area contributed by atoms with Crippen molar-refractivity contribution in [2.45, 2.75) is 6.92 Å². The third kappa shape index (κ3) is 5.93. The molecule has 1 amide bonds. The number of carbonyl (C=O) groups is 2. The fourth-order valence-corrected chi connectivity index (χ4v) is 2.00. The molecule has 0 bridgehead atoms. The van der Waals surface area contributed by atoms with E-state index in [4.69, 9.17) is 4.74 Å². The molecule has 2 aromatic carbocycles. The van der Waals surface area contributed by atoms with E-state index in [0.717, 1.165) is 11.1 Å². The molecule has 122 valence electrons. The largest absolute Gasteiger partial charge is 0.457 e. The van der Waals surface area contributed by atoms with Crippen LogP contribution in [0.4, 0.5) is 0 Å². The van der Waals surface area contributed by atoms with Gasteiger partial charge in [0.2, 0.25) is 5.91 Å². The van der Waals surface area contributed by atoms with E-state index in [0.29, 0.717) is 0 Å². The molecule has 4 nitrogen and oxygen atoms in total. The van der Waals surface area contributed by atoms with Crippen LogP contribution in [0.3, 0.4) is 0 Å². The van der Waals surface area contributed by atoms with E-state index < -0.39 is 5.97 Å². The Hall–Kier alpha value is -3.14. The van der Waals surface area contributed by atoms with Gasteiger partial charge in [0.15, 0.2) is 0 Å². The second-order valence-electron chi connectivity index (χ2n) is 5.06. The van der Waals surface area contributed by atoms with Crippen molar-refractivity contribution in [1.82, 2.24) is 5.32 Å². The lowest BCUT2D eigenvalue weighted by atomic mass is 10.2. The highest BCUT2D eigenvalue weighted by Gasteiger charge is 2.12. The molecule has 0 heterocycles. The van der Waals surface area contributed by atoms with Gasteiger partial charge < -0.3 is 10.1 Å². The maximum Gasteiger partial charge on any atom is 0.355 e. The Morgan fingerprint density at radius 3 is 2.12 bits per heavy atom. The summed E-state index contributed by atoms with van der Waals surface area (Å²) in [6, 6.07) is 19.0. The van der Waals surface area contributed by atoms with Crippen LogP contribution >= 0.6 is 0 Å². The molecular formula is C20H19NO3. The highest BCUT2D eigenvalue weighted by Crippen LogP contribution is 2.07. The van der Waals surface area contributed by atoms with Crippen LogP contribution in [-0.2, 0) is 14.3 Å². The Balaban J connectivity index is 1.99. The molecule has 24 heavy (non-hydrogen) atoms. The molecule has 0 aliphatic rings. The summed E-state index contributed by atoms with van der Waals surface area (Å²) in [5.41, 5.74) is 1.94. The van der Waals surface area contributed by atoms with Gasteiger partial charge in [-0.3, -0.25) is 4.79 Å². The number of hydrogen-bond acceptors (Lipinski definition) is 3. The summed E-state index contributed by atoms with van der Waals surface area (Å²) in [5, 5.41) is 2.51. The number of benzene rings is 2. The van der Waals surface area contributed by atoms with Crippen LogP contribution in [0.25, 0.3) is 12.2 Å². The van der Waals surface area contributed by atoms with E-state index in [9.17, 15) is 9.59 Å². The molecule has 0 saturated carbocycles. The smallest absolute Gasteiger partial charge is 0.355 e. The predicted octanol–water partition coefficient (Wildman–Crippen LogP) is 3.42. The molecule has 0 fully saturated rings. The van der Waals surface area contributed by atoms with Gasteiger partial charge in [0.05, 0.1) is 0 Å². The normalized spacial score (nSPS) is 11.3. The Morgan fingerprint density at radius 2 is 1.54 bits per heavy atom. The van der Waals surface area contributed by atoms with E-state index in [2.05, 4.69) is 5.32 Å². The van der Waals surface area contributed by atoms with Crippen LogP contribution in [0.5, 0.6) is 0 Å². The number of hydrogen-bond donors (Lipinski definition) is 1. The molecule has 0 unspecified atom stereocenters. The van der Waals surface area contributed by atoms with Crippen molar-refractivity contribution >= 4 is 24.0 Å². The van der Waals surface area contributed by atoms with Crippen LogP contribution in [0, 0.1) is 0 Å². The molecule has 0 aliphatic carbocycles. The van der Waals surface area contributed by atoms with Gasteiger partial charge >= 0.3 is 5.97 Å². The van der Waals surface area contributed by atoms with Gasteiger partial charge in [-0.05, 0) is 23.3 Å². The average Bonchev–Trinajstić information content (AvgIpc) is 2.59. The van der Waals surface area contributed by atoms with Gasteiger partial charge in [-0.15, -0.1) is 0 Å².